The molecule has 2 aromatic rings. The normalized spacial score (nSPS) is 18.5. The van der Waals surface area contributed by atoms with Gasteiger partial charge in [-0.2, -0.15) is 0 Å². The first-order valence-corrected chi connectivity index (χ1v) is 12.4. The summed E-state index contributed by atoms with van der Waals surface area (Å²) in [5.74, 6) is 1.90. The number of pyridine rings is 1. The number of benzene rings is 1. The number of guanidine groups is 1. The highest BCUT2D eigenvalue weighted by molar-refractivity contribution is 5.80. The SMILES string of the molecule is CCNC(=NCc1cccnc1N1CCN(C)CC1)NC(C)c1cccc(N2CCCC2)c1. The first-order valence-electron chi connectivity index (χ1n) is 12.4. The van der Waals surface area contributed by atoms with Crippen LogP contribution in [0.2, 0.25) is 0 Å². The molecule has 1 atom stereocenters. The lowest BCUT2D eigenvalue weighted by atomic mass is 10.1. The van der Waals surface area contributed by atoms with E-state index in [2.05, 4.69) is 76.6 Å². The predicted octanol–water partition coefficient (Wildman–Crippen LogP) is 3.25. The van der Waals surface area contributed by atoms with Gasteiger partial charge in [-0.3, -0.25) is 0 Å². The van der Waals surface area contributed by atoms with E-state index in [-0.39, 0.29) is 6.04 Å². The van der Waals surface area contributed by atoms with Crippen LogP contribution in [0.5, 0.6) is 0 Å². The van der Waals surface area contributed by atoms with Gasteiger partial charge in [-0.1, -0.05) is 18.2 Å². The first kappa shape index (κ1) is 23.4. The fourth-order valence-corrected chi connectivity index (χ4v) is 4.60. The van der Waals surface area contributed by atoms with Gasteiger partial charge in [-0.25, -0.2) is 9.98 Å². The summed E-state index contributed by atoms with van der Waals surface area (Å²) in [5, 5.41) is 7.02. The van der Waals surface area contributed by atoms with Gasteiger partial charge in [0, 0.05) is 63.3 Å². The molecule has 2 N–H and O–H groups in total. The summed E-state index contributed by atoms with van der Waals surface area (Å²) in [6.45, 7) is 12.2. The van der Waals surface area contributed by atoms with Gasteiger partial charge in [0.25, 0.3) is 0 Å². The monoisotopic (exact) mass is 449 g/mol. The molecule has 1 unspecified atom stereocenters. The molecule has 0 bridgehead atoms. The molecule has 178 valence electrons. The van der Waals surface area contributed by atoms with Crippen molar-refractivity contribution in [2.45, 2.75) is 39.3 Å². The number of hydrogen-bond acceptors (Lipinski definition) is 5. The third kappa shape index (κ3) is 6.16. The largest absolute Gasteiger partial charge is 0.372 e. The summed E-state index contributed by atoms with van der Waals surface area (Å²) < 4.78 is 0. The molecule has 3 heterocycles. The zero-order valence-corrected chi connectivity index (χ0v) is 20.4. The van der Waals surface area contributed by atoms with Gasteiger partial charge in [0.2, 0.25) is 0 Å². The van der Waals surface area contributed by atoms with Crippen LogP contribution in [0.15, 0.2) is 47.6 Å². The van der Waals surface area contributed by atoms with Gasteiger partial charge in [0.1, 0.15) is 5.82 Å². The Morgan fingerprint density at radius 1 is 1.03 bits per heavy atom. The Balaban J connectivity index is 1.45. The third-order valence-electron chi connectivity index (χ3n) is 6.62. The maximum atomic E-state index is 4.93. The molecule has 2 aliphatic rings. The van der Waals surface area contributed by atoms with Crippen LogP contribution in [-0.4, -0.2) is 68.7 Å². The van der Waals surface area contributed by atoms with E-state index < -0.39 is 0 Å². The van der Waals surface area contributed by atoms with Crippen molar-refractivity contribution >= 4 is 17.5 Å². The van der Waals surface area contributed by atoms with E-state index in [1.165, 1.54) is 29.7 Å². The fourth-order valence-electron chi connectivity index (χ4n) is 4.60. The number of nitrogens with one attached hydrogen (secondary N) is 2. The Morgan fingerprint density at radius 2 is 1.82 bits per heavy atom. The van der Waals surface area contributed by atoms with Crippen LogP contribution in [0.1, 0.15) is 43.9 Å². The molecule has 1 aromatic carbocycles. The van der Waals surface area contributed by atoms with E-state index in [4.69, 9.17) is 9.98 Å². The fraction of sp³-hybridized carbons (Fsp3) is 0.538. The predicted molar refractivity (Wildman–Crippen MR) is 138 cm³/mol. The van der Waals surface area contributed by atoms with E-state index in [1.807, 2.05) is 12.3 Å². The number of piperazine rings is 1. The standard InChI is InChI=1S/C26H39N7/c1-4-27-26(30-21(2)22-9-7-11-24(19-22)32-13-5-6-14-32)29-20-23-10-8-12-28-25(23)33-17-15-31(3)16-18-33/h7-12,19,21H,4-6,13-18,20H2,1-3H3,(H2,27,29,30). The lowest BCUT2D eigenvalue weighted by Gasteiger charge is -2.34. The Labute approximate surface area is 198 Å². The van der Waals surface area contributed by atoms with Crippen LogP contribution >= 0.6 is 0 Å². The topological polar surface area (TPSA) is 59.0 Å². The van der Waals surface area contributed by atoms with E-state index >= 15 is 0 Å². The second-order valence-electron chi connectivity index (χ2n) is 9.13. The maximum Gasteiger partial charge on any atom is 0.192 e. The van der Waals surface area contributed by atoms with Gasteiger partial charge in [0.15, 0.2) is 5.96 Å². The molecule has 0 radical (unpaired) electrons. The van der Waals surface area contributed by atoms with Gasteiger partial charge >= 0.3 is 0 Å². The van der Waals surface area contributed by atoms with E-state index in [0.29, 0.717) is 6.54 Å². The molecule has 2 saturated heterocycles. The lowest BCUT2D eigenvalue weighted by molar-refractivity contribution is 0.312. The van der Waals surface area contributed by atoms with Crippen LogP contribution in [-0.2, 0) is 6.54 Å². The van der Waals surface area contributed by atoms with E-state index in [9.17, 15) is 0 Å². The summed E-state index contributed by atoms with van der Waals surface area (Å²) in [5.41, 5.74) is 3.78. The Kier molecular flexibility index (Phi) is 8.05. The molecule has 33 heavy (non-hydrogen) atoms. The molecular weight excluding hydrogens is 410 g/mol. The molecule has 0 aliphatic carbocycles. The zero-order valence-electron chi connectivity index (χ0n) is 20.4. The quantitative estimate of drug-likeness (QED) is 0.500. The van der Waals surface area contributed by atoms with Crippen LogP contribution in [0.25, 0.3) is 0 Å². The number of aromatic nitrogens is 1. The van der Waals surface area contributed by atoms with E-state index in [0.717, 1.165) is 57.6 Å². The second-order valence-corrected chi connectivity index (χ2v) is 9.13. The molecular formula is C26H39N7. The summed E-state index contributed by atoms with van der Waals surface area (Å²) in [6.07, 6.45) is 4.47. The van der Waals surface area contributed by atoms with Crippen molar-refractivity contribution < 1.29 is 0 Å². The third-order valence-corrected chi connectivity index (χ3v) is 6.62. The molecule has 2 fully saturated rings. The van der Waals surface area contributed by atoms with Gasteiger partial charge in [-0.05, 0) is 57.5 Å². The van der Waals surface area contributed by atoms with Crippen molar-refractivity contribution in [3.8, 4) is 0 Å². The molecule has 0 spiro atoms. The molecule has 1 aromatic heterocycles. The molecule has 2 aliphatic heterocycles. The van der Waals surface area contributed by atoms with Crippen LogP contribution in [0, 0.1) is 0 Å². The molecule has 7 heteroatoms. The molecule has 4 rings (SSSR count). The minimum absolute atomic E-state index is 0.163. The minimum atomic E-state index is 0.163. The summed E-state index contributed by atoms with van der Waals surface area (Å²) in [4.78, 5) is 16.9. The minimum Gasteiger partial charge on any atom is -0.372 e. The van der Waals surface area contributed by atoms with Crippen LogP contribution in [0.3, 0.4) is 0 Å². The Hall–Kier alpha value is -2.80. The van der Waals surface area contributed by atoms with Crippen molar-refractivity contribution in [1.82, 2.24) is 20.5 Å². The van der Waals surface area contributed by atoms with Gasteiger partial charge in [0.05, 0.1) is 12.6 Å². The van der Waals surface area contributed by atoms with Crippen molar-refractivity contribution in [2.24, 2.45) is 4.99 Å². The molecule has 0 saturated carbocycles. The Morgan fingerprint density at radius 3 is 2.58 bits per heavy atom. The van der Waals surface area contributed by atoms with Crippen LogP contribution in [0.4, 0.5) is 11.5 Å². The highest BCUT2D eigenvalue weighted by Crippen LogP contribution is 2.24. The highest BCUT2D eigenvalue weighted by atomic mass is 15.3. The number of rotatable bonds is 7. The number of hydrogen-bond donors (Lipinski definition) is 2. The average molecular weight is 450 g/mol. The van der Waals surface area contributed by atoms with Gasteiger partial charge < -0.3 is 25.3 Å². The number of anilines is 2. The summed E-state index contributed by atoms with van der Waals surface area (Å²) >= 11 is 0. The van der Waals surface area contributed by atoms with Crippen molar-refractivity contribution in [3.63, 3.8) is 0 Å². The summed E-state index contributed by atoms with van der Waals surface area (Å²) in [7, 11) is 2.18. The number of aliphatic imine (C=N–C) groups is 1. The Bertz CT molecular complexity index is 914. The maximum absolute atomic E-state index is 4.93. The lowest BCUT2D eigenvalue weighted by Crippen LogP contribution is -2.45. The first-order chi connectivity index (χ1) is 16.1. The molecule has 7 nitrogen and oxygen atoms in total. The highest BCUT2D eigenvalue weighted by Gasteiger charge is 2.18. The van der Waals surface area contributed by atoms with Crippen molar-refractivity contribution in [1.29, 1.82) is 0 Å². The van der Waals surface area contributed by atoms with Crippen LogP contribution < -0.4 is 20.4 Å². The average Bonchev–Trinajstić information content (AvgIpc) is 3.39. The van der Waals surface area contributed by atoms with Crippen molar-refractivity contribution in [2.75, 3.05) is 62.7 Å². The number of likely N-dealkylation sites (N-methyl/N-ethyl adjacent to an activating group) is 1. The second kappa shape index (κ2) is 11.4. The number of nitrogens with zero attached hydrogens (tertiary/aromatic N) is 5. The van der Waals surface area contributed by atoms with Crippen molar-refractivity contribution in [3.05, 3.63) is 53.7 Å². The zero-order chi connectivity index (χ0) is 23.0. The molecule has 0 amide bonds. The van der Waals surface area contributed by atoms with Gasteiger partial charge in [-0.15, -0.1) is 0 Å². The summed E-state index contributed by atoms with van der Waals surface area (Å²) in [6, 6.07) is 13.2. The van der Waals surface area contributed by atoms with E-state index in [1.54, 1.807) is 0 Å². The smallest absolute Gasteiger partial charge is 0.192 e.